The van der Waals surface area contributed by atoms with Crippen molar-refractivity contribution in [3.05, 3.63) is 47.0 Å². The Labute approximate surface area is 198 Å². The number of hydrogen-bond donors (Lipinski definition) is 2. The van der Waals surface area contributed by atoms with Crippen LogP contribution in [-0.4, -0.2) is 62.1 Å². The number of nitrogens with one attached hydrogen (secondary N) is 2. The summed E-state index contributed by atoms with van der Waals surface area (Å²) < 4.78 is 7.87. The zero-order valence-electron chi connectivity index (χ0n) is 20.1. The number of rotatable bonds is 3. The molecule has 1 fully saturated rings. The number of hydrogen-bond acceptors (Lipinski definition) is 7. The molecule has 176 valence electrons. The van der Waals surface area contributed by atoms with Gasteiger partial charge in [-0.15, -0.1) is 0 Å². The molecule has 2 aliphatic rings. The average molecular weight is 459 g/mol. The van der Waals surface area contributed by atoms with Crippen LogP contribution in [0.5, 0.6) is 0 Å². The van der Waals surface area contributed by atoms with E-state index in [1.807, 2.05) is 16.9 Å². The molecule has 4 aromatic rings. The van der Waals surface area contributed by atoms with E-state index < -0.39 is 0 Å². The molecule has 6 rings (SSSR count). The summed E-state index contributed by atoms with van der Waals surface area (Å²) in [5, 5.41) is 16.0. The van der Waals surface area contributed by atoms with Gasteiger partial charge in [0.2, 0.25) is 0 Å². The summed E-state index contributed by atoms with van der Waals surface area (Å²) in [6.07, 6.45) is 5.61. The number of nitrogens with zero attached hydrogens (tertiary/aromatic N) is 6. The van der Waals surface area contributed by atoms with Crippen LogP contribution in [0.3, 0.4) is 0 Å². The van der Waals surface area contributed by atoms with E-state index in [9.17, 15) is 0 Å². The van der Waals surface area contributed by atoms with Crippen molar-refractivity contribution in [2.45, 2.75) is 46.3 Å². The number of aryl methyl sites for hydroxylation is 1. The second-order valence-electron chi connectivity index (χ2n) is 9.61. The van der Waals surface area contributed by atoms with Crippen molar-refractivity contribution >= 4 is 11.5 Å². The Kier molecular flexibility index (Phi) is 5.11. The number of pyridine rings is 2. The lowest BCUT2D eigenvalue weighted by Crippen LogP contribution is -2.53. The van der Waals surface area contributed by atoms with E-state index in [0.29, 0.717) is 19.3 Å². The van der Waals surface area contributed by atoms with Crippen LogP contribution in [0.15, 0.2) is 24.8 Å². The molecule has 0 bridgehead atoms. The minimum absolute atomic E-state index is 0.266. The molecule has 0 aromatic carbocycles. The van der Waals surface area contributed by atoms with Gasteiger partial charge in [0, 0.05) is 54.3 Å². The molecule has 9 nitrogen and oxygen atoms in total. The number of H-pyrrole nitrogens is 1. The van der Waals surface area contributed by atoms with E-state index in [1.165, 1.54) is 11.1 Å². The highest BCUT2D eigenvalue weighted by molar-refractivity contribution is 5.78. The third kappa shape index (κ3) is 3.30. The lowest BCUT2D eigenvalue weighted by molar-refractivity contribution is 0.109. The maximum atomic E-state index is 6.03. The fourth-order valence-corrected chi connectivity index (χ4v) is 5.28. The fourth-order valence-electron chi connectivity index (χ4n) is 5.28. The van der Waals surface area contributed by atoms with E-state index in [1.54, 1.807) is 6.33 Å². The molecule has 6 heterocycles. The summed E-state index contributed by atoms with van der Waals surface area (Å²) in [6.45, 7) is 12.8. The molecule has 0 spiro atoms. The van der Waals surface area contributed by atoms with Gasteiger partial charge >= 0.3 is 0 Å². The van der Waals surface area contributed by atoms with Crippen LogP contribution < -0.4 is 10.2 Å². The maximum absolute atomic E-state index is 6.03. The average Bonchev–Trinajstić information content (AvgIpc) is 3.45. The first-order valence-corrected chi connectivity index (χ1v) is 12.0. The van der Waals surface area contributed by atoms with Crippen LogP contribution in [0.4, 0.5) is 5.82 Å². The molecule has 0 aliphatic carbocycles. The zero-order chi connectivity index (χ0) is 23.4. The predicted octanol–water partition coefficient (Wildman–Crippen LogP) is 3.23. The summed E-state index contributed by atoms with van der Waals surface area (Å²) in [5.41, 5.74) is 9.55. The first-order chi connectivity index (χ1) is 16.5. The molecule has 0 amide bonds. The summed E-state index contributed by atoms with van der Waals surface area (Å²) in [4.78, 5) is 11.7. The maximum Gasteiger partial charge on any atom is 0.158 e. The third-order valence-corrected chi connectivity index (χ3v) is 7.18. The molecule has 1 unspecified atom stereocenters. The van der Waals surface area contributed by atoms with Crippen LogP contribution in [0.1, 0.15) is 42.0 Å². The number of fused-ring (bicyclic) bond motifs is 4. The van der Waals surface area contributed by atoms with E-state index in [0.717, 1.165) is 64.7 Å². The van der Waals surface area contributed by atoms with Gasteiger partial charge < -0.3 is 15.0 Å². The minimum atomic E-state index is 0.266. The largest absolute Gasteiger partial charge is 0.374 e. The standard InChI is InChI=1S/C25H30N8O/c1-14(2)21-22(30-31-23(21)20-10-33-24(28-13-29-33)16(4)15(20)3)17-7-18-11-34-12-19-9-26-5-6-32(19)25(18)27-8-17/h7-8,10,13-14,19,26H,5-6,9,11-12H2,1-4H3,(H,30,31). The first kappa shape index (κ1) is 21.2. The van der Waals surface area contributed by atoms with Gasteiger partial charge in [0.15, 0.2) is 5.65 Å². The highest BCUT2D eigenvalue weighted by atomic mass is 16.5. The van der Waals surface area contributed by atoms with Gasteiger partial charge in [-0.25, -0.2) is 14.5 Å². The van der Waals surface area contributed by atoms with Crippen molar-refractivity contribution in [1.82, 2.24) is 35.1 Å². The highest BCUT2D eigenvalue weighted by Gasteiger charge is 2.29. The van der Waals surface area contributed by atoms with Crippen molar-refractivity contribution in [3.8, 4) is 22.5 Å². The molecule has 1 atom stereocenters. The Hall–Kier alpha value is -3.30. The number of piperazine rings is 1. The molecular weight excluding hydrogens is 428 g/mol. The van der Waals surface area contributed by atoms with Gasteiger partial charge in [0.25, 0.3) is 0 Å². The smallest absolute Gasteiger partial charge is 0.158 e. The number of ether oxygens (including phenoxy) is 1. The Morgan fingerprint density at radius 2 is 2.06 bits per heavy atom. The van der Waals surface area contributed by atoms with Crippen molar-refractivity contribution in [3.63, 3.8) is 0 Å². The molecule has 4 aromatic heterocycles. The SMILES string of the molecule is Cc1c(-c2[nH]nc(-c3cnc4c(c3)COCC3CNCCN43)c2C(C)C)cn2ncnc2c1C. The lowest BCUT2D eigenvalue weighted by Gasteiger charge is -2.35. The molecule has 9 heteroatoms. The van der Waals surface area contributed by atoms with E-state index in [-0.39, 0.29) is 5.92 Å². The fraction of sp³-hybridized carbons (Fsp3) is 0.440. The topological polar surface area (TPSA) is 96.3 Å². The second-order valence-corrected chi connectivity index (χ2v) is 9.61. The van der Waals surface area contributed by atoms with E-state index >= 15 is 0 Å². The molecule has 1 saturated heterocycles. The summed E-state index contributed by atoms with van der Waals surface area (Å²) in [7, 11) is 0. The summed E-state index contributed by atoms with van der Waals surface area (Å²) >= 11 is 0. The van der Waals surface area contributed by atoms with Crippen LogP contribution in [0.2, 0.25) is 0 Å². The second kappa shape index (κ2) is 8.18. The van der Waals surface area contributed by atoms with Gasteiger partial charge in [-0.05, 0) is 37.0 Å². The van der Waals surface area contributed by atoms with Crippen LogP contribution in [0, 0.1) is 13.8 Å². The summed E-state index contributed by atoms with van der Waals surface area (Å²) in [5.74, 6) is 1.31. The number of anilines is 1. The van der Waals surface area contributed by atoms with Crippen molar-refractivity contribution in [1.29, 1.82) is 0 Å². The minimum Gasteiger partial charge on any atom is -0.374 e. The third-order valence-electron chi connectivity index (χ3n) is 7.18. The molecule has 0 saturated carbocycles. The van der Waals surface area contributed by atoms with E-state index in [4.69, 9.17) is 14.8 Å². The van der Waals surface area contributed by atoms with Crippen molar-refractivity contribution < 1.29 is 4.74 Å². The number of aromatic nitrogens is 6. The zero-order valence-corrected chi connectivity index (χ0v) is 20.1. The molecule has 2 N–H and O–H groups in total. The van der Waals surface area contributed by atoms with Crippen LogP contribution >= 0.6 is 0 Å². The molecule has 34 heavy (non-hydrogen) atoms. The quantitative estimate of drug-likeness (QED) is 0.487. The molecule has 0 radical (unpaired) electrons. The highest BCUT2D eigenvalue weighted by Crippen LogP contribution is 2.38. The summed E-state index contributed by atoms with van der Waals surface area (Å²) in [6, 6.07) is 2.53. The number of aromatic amines is 1. The molecule has 2 aliphatic heterocycles. The van der Waals surface area contributed by atoms with Gasteiger partial charge in [-0.3, -0.25) is 5.10 Å². The Bertz CT molecular complexity index is 1370. The van der Waals surface area contributed by atoms with Gasteiger partial charge in [-0.2, -0.15) is 10.2 Å². The predicted molar refractivity (Wildman–Crippen MR) is 131 cm³/mol. The van der Waals surface area contributed by atoms with Gasteiger partial charge in [0.05, 0.1) is 30.6 Å². The first-order valence-electron chi connectivity index (χ1n) is 12.0. The van der Waals surface area contributed by atoms with E-state index in [2.05, 4.69) is 59.2 Å². The molecular formula is C25H30N8O. The lowest BCUT2D eigenvalue weighted by atomic mass is 9.92. The Morgan fingerprint density at radius 1 is 1.18 bits per heavy atom. The normalized spacial score (nSPS) is 18.3. The van der Waals surface area contributed by atoms with Crippen LogP contribution in [-0.2, 0) is 11.3 Å². The monoisotopic (exact) mass is 458 g/mol. The van der Waals surface area contributed by atoms with Crippen LogP contribution in [0.25, 0.3) is 28.2 Å². The van der Waals surface area contributed by atoms with Crippen molar-refractivity contribution in [2.24, 2.45) is 0 Å². The Morgan fingerprint density at radius 3 is 2.91 bits per heavy atom. The van der Waals surface area contributed by atoms with Gasteiger partial charge in [0.1, 0.15) is 12.1 Å². The van der Waals surface area contributed by atoms with Gasteiger partial charge in [-0.1, -0.05) is 13.8 Å². The van der Waals surface area contributed by atoms with Crippen molar-refractivity contribution in [2.75, 3.05) is 31.1 Å². The Balaban J connectivity index is 1.46.